The summed E-state index contributed by atoms with van der Waals surface area (Å²) in [5.74, 6) is 0. The van der Waals surface area contributed by atoms with Gasteiger partial charge in [-0.3, -0.25) is 4.68 Å². The minimum Gasteiger partial charge on any atom is -0.350 e. The number of thiocarbonyl (C=S) groups is 1. The van der Waals surface area contributed by atoms with Crippen LogP contribution < -0.4 is 5.32 Å². The molecule has 0 saturated heterocycles. The van der Waals surface area contributed by atoms with E-state index in [-0.39, 0.29) is 0 Å². The third kappa shape index (κ3) is 5.39. The highest BCUT2D eigenvalue weighted by atomic mass is 32.1. The van der Waals surface area contributed by atoms with Gasteiger partial charge in [0.05, 0.1) is 16.7 Å². The summed E-state index contributed by atoms with van der Waals surface area (Å²) in [6.07, 6.45) is -1.16. The van der Waals surface area contributed by atoms with Gasteiger partial charge >= 0.3 is 6.18 Å². The van der Waals surface area contributed by atoms with E-state index in [1.165, 1.54) is 17.7 Å². The first-order chi connectivity index (χ1) is 13.3. The fourth-order valence-electron chi connectivity index (χ4n) is 2.63. The first kappa shape index (κ1) is 20.0. The van der Waals surface area contributed by atoms with Crippen LogP contribution in [0.3, 0.4) is 0 Å². The second kappa shape index (κ2) is 8.52. The Morgan fingerprint density at radius 3 is 2.39 bits per heavy atom. The van der Waals surface area contributed by atoms with Crippen LogP contribution in [0.25, 0.3) is 11.3 Å². The molecule has 0 bridgehead atoms. The number of alkyl halides is 3. The number of nitrogens with one attached hydrogen (secondary N) is 1. The van der Waals surface area contributed by atoms with Crippen LogP contribution in [0.15, 0.2) is 54.7 Å². The summed E-state index contributed by atoms with van der Waals surface area (Å²) in [7, 11) is 0. The summed E-state index contributed by atoms with van der Waals surface area (Å²) in [5.41, 5.74) is 2.59. The maximum absolute atomic E-state index is 12.6. The smallest absolute Gasteiger partial charge is 0.350 e. The first-order valence-electron chi connectivity index (χ1n) is 8.75. The van der Waals surface area contributed by atoms with Crippen molar-refractivity contribution in [3.63, 3.8) is 0 Å². The zero-order chi connectivity index (χ0) is 20.1. The van der Waals surface area contributed by atoms with Crippen molar-refractivity contribution in [3.05, 3.63) is 65.9 Å². The van der Waals surface area contributed by atoms with E-state index in [2.05, 4.69) is 15.6 Å². The van der Waals surface area contributed by atoms with Crippen LogP contribution in [-0.2, 0) is 12.7 Å². The van der Waals surface area contributed by atoms with E-state index in [9.17, 15) is 13.2 Å². The summed E-state index contributed by atoms with van der Waals surface area (Å²) in [4.78, 5) is 0.743. The molecule has 3 aromatic rings. The number of hydrogen-bond acceptors (Lipinski definition) is 3. The van der Waals surface area contributed by atoms with Gasteiger partial charge in [-0.15, -0.1) is 5.10 Å². The van der Waals surface area contributed by atoms with Crippen LogP contribution in [0.5, 0.6) is 0 Å². The van der Waals surface area contributed by atoms with E-state index < -0.39 is 11.7 Å². The fourth-order valence-corrected chi connectivity index (χ4v) is 2.89. The van der Waals surface area contributed by atoms with Gasteiger partial charge in [0.25, 0.3) is 0 Å². The van der Waals surface area contributed by atoms with Crippen molar-refractivity contribution < 1.29 is 13.2 Å². The molecule has 2 aromatic carbocycles. The maximum atomic E-state index is 12.6. The Morgan fingerprint density at radius 1 is 1.07 bits per heavy atom. The van der Waals surface area contributed by atoms with Crippen molar-refractivity contribution in [2.75, 3.05) is 5.32 Å². The van der Waals surface area contributed by atoms with Crippen molar-refractivity contribution in [2.45, 2.75) is 32.5 Å². The minimum absolute atomic E-state index is 0.536. The quantitative estimate of drug-likeness (QED) is 0.552. The number of aromatic nitrogens is 3. The zero-order valence-corrected chi connectivity index (χ0v) is 16.0. The van der Waals surface area contributed by atoms with Gasteiger partial charge in [-0.05, 0) is 44.0 Å². The maximum Gasteiger partial charge on any atom is 0.416 e. The summed E-state index contributed by atoms with van der Waals surface area (Å²) in [6.45, 7) is 2.64. The van der Waals surface area contributed by atoms with Crippen molar-refractivity contribution in [1.82, 2.24) is 15.0 Å². The van der Waals surface area contributed by atoms with Gasteiger partial charge in [0, 0.05) is 17.8 Å². The van der Waals surface area contributed by atoms with Crippen molar-refractivity contribution in [2.24, 2.45) is 0 Å². The molecule has 0 aliphatic carbocycles. The topological polar surface area (TPSA) is 42.7 Å². The highest BCUT2D eigenvalue weighted by molar-refractivity contribution is 7.80. The molecular formula is C20H19F3N4S. The number of aryl methyl sites for hydroxylation is 2. The van der Waals surface area contributed by atoms with Crippen LogP contribution in [0.4, 0.5) is 18.9 Å². The number of anilines is 1. The lowest BCUT2D eigenvalue weighted by Crippen LogP contribution is -2.10. The molecule has 28 heavy (non-hydrogen) atoms. The predicted octanol–water partition coefficient (Wildman–Crippen LogP) is 5.49. The lowest BCUT2D eigenvalue weighted by Gasteiger charge is -2.08. The summed E-state index contributed by atoms with van der Waals surface area (Å²) >= 11 is 5.36. The average molecular weight is 404 g/mol. The number of rotatable bonds is 6. The number of nitrogens with zero attached hydrogens (tertiary/aromatic N) is 3. The van der Waals surface area contributed by atoms with Gasteiger partial charge < -0.3 is 5.32 Å². The Balaban J connectivity index is 1.50. The van der Waals surface area contributed by atoms with E-state index in [0.717, 1.165) is 29.2 Å². The molecule has 0 atom stereocenters. The van der Waals surface area contributed by atoms with Crippen molar-refractivity contribution >= 4 is 22.9 Å². The second-order valence-electron chi connectivity index (χ2n) is 6.46. The molecule has 0 saturated carbocycles. The third-order valence-electron chi connectivity index (χ3n) is 4.17. The predicted molar refractivity (Wildman–Crippen MR) is 107 cm³/mol. The van der Waals surface area contributed by atoms with Crippen LogP contribution in [0.1, 0.15) is 24.0 Å². The van der Waals surface area contributed by atoms with E-state index in [1.54, 1.807) is 10.9 Å². The van der Waals surface area contributed by atoms with Crippen LogP contribution in [-0.4, -0.2) is 20.0 Å². The Kier molecular flexibility index (Phi) is 6.08. The molecule has 0 radical (unpaired) electrons. The lowest BCUT2D eigenvalue weighted by atomic mass is 10.1. The summed E-state index contributed by atoms with van der Waals surface area (Å²) < 4.78 is 39.6. The average Bonchev–Trinajstić information content (AvgIpc) is 3.12. The van der Waals surface area contributed by atoms with Gasteiger partial charge in [-0.2, -0.15) is 13.2 Å². The van der Waals surface area contributed by atoms with E-state index in [0.29, 0.717) is 24.2 Å². The van der Waals surface area contributed by atoms with Crippen LogP contribution >= 0.6 is 12.2 Å². The molecule has 0 spiro atoms. The normalized spacial score (nSPS) is 11.4. The largest absolute Gasteiger partial charge is 0.416 e. The molecule has 0 unspecified atom stereocenters. The molecule has 0 aliphatic rings. The Morgan fingerprint density at radius 2 is 1.75 bits per heavy atom. The monoisotopic (exact) mass is 404 g/mol. The molecule has 1 heterocycles. The number of halogens is 3. The van der Waals surface area contributed by atoms with Gasteiger partial charge in [-0.25, -0.2) is 0 Å². The van der Waals surface area contributed by atoms with Gasteiger partial charge in [0.1, 0.15) is 5.69 Å². The Labute approximate surface area is 166 Å². The third-order valence-corrected chi connectivity index (χ3v) is 4.48. The van der Waals surface area contributed by atoms with Crippen molar-refractivity contribution in [1.29, 1.82) is 0 Å². The minimum atomic E-state index is -4.35. The second-order valence-corrected chi connectivity index (χ2v) is 6.95. The number of benzene rings is 2. The van der Waals surface area contributed by atoms with E-state index in [1.807, 2.05) is 31.2 Å². The van der Waals surface area contributed by atoms with Crippen LogP contribution in [0.2, 0.25) is 0 Å². The zero-order valence-electron chi connectivity index (χ0n) is 15.2. The fraction of sp³-hybridized carbons (Fsp3) is 0.250. The molecule has 146 valence electrons. The Bertz CT molecular complexity index is 931. The molecule has 4 nitrogen and oxygen atoms in total. The van der Waals surface area contributed by atoms with Crippen LogP contribution in [0, 0.1) is 6.92 Å². The standard InChI is InChI=1S/C20H19F3N4S/c1-14-4-10-17(11-5-14)24-19(28)3-2-12-27-13-18(25-26-27)15-6-8-16(9-7-15)20(21,22)23/h4-11,13H,2-3,12H2,1H3,(H,24,28). The first-order valence-corrected chi connectivity index (χ1v) is 9.16. The van der Waals surface area contributed by atoms with Gasteiger partial charge in [0.2, 0.25) is 0 Å². The lowest BCUT2D eigenvalue weighted by molar-refractivity contribution is -0.137. The summed E-state index contributed by atoms with van der Waals surface area (Å²) in [6, 6.07) is 12.9. The van der Waals surface area contributed by atoms with Gasteiger partial charge in [-0.1, -0.05) is 47.3 Å². The van der Waals surface area contributed by atoms with Gasteiger partial charge in [0.15, 0.2) is 0 Å². The van der Waals surface area contributed by atoms with Crippen molar-refractivity contribution in [3.8, 4) is 11.3 Å². The van der Waals surface area contributed by atoms with E-state index >= 15 is 0 Å². The molecule has 1 aromatic heterocycles. The molecule has 8 heteroatoms. The highest BCUT2D eigenvalue weighted by Gasteiger charge is 2.30. The molecule has 1 N–H and O–H groups in total. The molecule has 0 fully saturated rings. The number of hydrogen-bond donors (Lipinski definition) is 1. The molecule has 0 aliphatic heterocycles. The molecule has 0 amide bonds. The Hall–Kier alpha value is -2.74. The summed E-state index contributed by atoms with van der Waals surface area (Å²) in [5, 5.41) is 11.3. The SMILES string of the molecule is Cc1ccc(NC(=S)CCCn2cc(-c3ccc(C(F)(F)F)cc3)nn2)cc1. The van der Waals surface area contributed by atoms with E-state index in [4.69, 9.17) is 12.2 Å². The molecule has 3 rings (SSSR count). The highest BCUT2D eigenvalue weighted by Crippen LogP contribution is 2.30. The molecular weight excluding hydrogens is 385 g/mol.